The molecule has 0 aliphatic carbocycles. The Bertz CT molecular complexity index is 1050. The fraction of sp³-hybridized carbons (Fsp3) is 0.350. The topological polar surface area (TPSA) is 88.3 Å². The summed E-state index contributed by atoms with van der Waals surface area (Å²) in [6, 6.07) is 5.24. The predicted octanol–water partition coefficient (Wildman–Crippen LogP) is 3.15. The molecule has 0 saturated carbocycles. The predicted molar refractivity (Wildman–Crippen MR) is 106 cm³/mol. The van der Waals surface area contributed by atoms with Gasteiger partial charge in [0.1, 0.15) is 17.2 Å². The van der Waals surface area contributed by atoms with Crippen molar-refractivity contribution in [3.05, 3.63) is 58.0 Å². The molecule has 2 heterocycles. The van der Waals surface area contributed by atoms with Crippen LogP contribution in [0.4, 0.5) is 23.4 Å². The smallest absolute Gasteiger partial charge is 0.369 e. The Morgan fingerprint density at radius 1 is 1.29 bits per heavy atom. The van der Waals surface area contributed by atoms with E-state index in [-0.39, 0.29) is 35.1 Å². The largest absolute Gasteiger partial charge is 0.416 e. The molecule has 2 atom stereocenters. The van der Waals surface area contributed by atoms with E-state index in [0.717, 1.165) is 18.2 Å². The lowest BCUT2D eigenvalue weighted by molar-refractivity contribution is -0.137. The van der Waals surface area contributed by atoms with E-state index in [1.807, 2.05) is 0 Å². The van der Waals surface area contributed by atoms with Gasteiger partial charge >= 0.3 is 6.18 Å². The maximum Gasteiger partial charge on any atom is 0.416 e. The van der Waals surface area contributed by atoms with Crippen molar-refractivity contribution in [1.82, 2.24) is 10.3 Å². The number of halogens is 5. The van der Waals surface area contributed by atoms with Crippen LogP contribution in [-0.2, 0) is 21.3 Å². The summed E-state index contributed by atoms with van der Waals surface area (Å²) in [4.78, 5) is 30.6. The van der Waals surface area contributed by atoms with E-state index in [0.29, 0.717) is 0 Å². The second kappa shape index (κ2) is 7.99. The first kappa shape index (κ1) is 22.8. The number of pyridine rings is 1. The molecule has 1 aromatic carbocycles. The van der Waals surface area contributed by atoms with Crippen LogP contribution >= 0.6 is 11.6 Å². The molecule has 2 amide bonds. The van der Waals surface area contributed by atoms with Gasteiger partial charge in [-0.15, -0.1) is 0 Å². The number of aromatic nitrogens is 1. The molecule has 1 aromatic heterocycles. The van der Waals surface area contributed by atoms with Gasteiger partial charge in [0.05, 0.1) is 16.5 Å². The third-order valence-electron chi connectivity index (χ3n) is 5.35. The lowest BCUT2D eigenvalue weighted by Crippen LogP contribution is -2.53. The Kier molecular flexibility index (Phi) is 5.88. The van der Waals surface area contributed by atoms with Gasteiger partial charge in [-0.2, -0.15) is 13.2 Å². The van der Waals surface area contributed by atoms with Crippen LogP contribution in [0.15, 0.2) is 30.3 Å². The number of alkyl halides is 3. The molecule has 2 unspecified atom stereocenters. The number of amides is 2. The number of likely N-dealkylation sites (N-methyl/N-ethyl adjacent to an activating group) is 1. The minimum absolute atomic E-state index is 0.0651. The normalized spacial score (nSPS) is 21.3. The summed E-state index contributed by atoms with van der Waals surface area (Å²) in [6.45, 7) is 1.22. The van der Waals surface area contributed by atoms with E-state index < -0.39 is 40.8 Å². The Morgan fingerprint density at radius 3 is 2.52 bits per heavy atom. The van der Waals surface area contributed by atoms with Crippen molar-refractivity contribution in [2.45, 2.75) is 25.1 Å². The lowest BCUT2D eigenvalue weighted by atomic mass is 9.83. The molecule has 0 radical (unpaired) electrons. The fourth-order valence-corrected chi connectivity index (χ4v) is 4.10. The molecular weight excluding hydrogens is 440 g/mol. The maximum absolute atomic E-state index is 13.8. The number of nitrogens with zero attached hydrogens (tertiary/aromatic N) is 2. The average Bonchev–Trinajstić information content (AvgIpc) is 3.10. The van der Waals surface area contributed by atoms with Crippen molar-refractivity contribution in [2.24, 2.45) is 11.7 Å². The summed E-state index contributed by atoms with van der Waals surface area (Å²) in [6.07, 6.45) is -4.80. The SMILES string of the molecule is CNC(=O)C1(c2ccc(F)c(Cl)c2)CC(C(N)=O)CN1c1cc(C(F)(F)F)cc(C)n1. The van der Waals surface area contributed by atoms with Gasteiger partial charge in [0.15, 0.2) is 0 Å². The van der Waals surface area contributed by atoms with Crippen LogP contribution in [-0.4, -0.2) is 30.4 Å². The van der Waals surface area contributed by atoms with Crippen molar-refractivity contribution in [1.29, 1.82) is 0 Å². The maximum atomic E-state index is 13.8. The van der Waals surface area contributed by atoms with Crippen LogP contribution in [0.25, 0.3) is 0 Å². The number of primary amides is 1. The Morgan fingerprint density at radius 2 is 1.97 bits per heavy atom. The highest BCUT2D eigenvalue weighted by Gasteiger charge is 2.54. The van der Waals surface area contributed by atoms with Gasteiger partial charge in [-0.05, 0) is 43.2 Å². The van der Waals surface area contributed by atoms with E-state index in [4.69, 9.17) is 17.3 Å². The minimum atomic E-state index is -4.65. The minimum Gasteiger partial charge on any atom is -0.369 e. The van der Waals surface area contributed by atoms with Crippen LogP contribution in [0.1, 0.15) is 23.2 Å². The Balaban J connectivity index is 2.29. The highest BCUT2D eigenvalue weighted by atomic mass is 35.5. The molecule has 166 valence electrons. The second-order valence-corrected chi connectivity index (χ2v) is 7.74. The van der Waals surface area contributed by atoms with E-state index in [1.54, 1.807) is 0 Å². The number of nitrogens with one attached hydrogen (secondary N) is 1. The highest BCUT2D eigenvalue weighted by Crippen LogP contribution is 2.46. The monoisotopic (exact) mass is 458 g/mol. The molecule has 6 nitrogen and oxygen atoms in total. The molecule has 0 bridgehead atoms. The van der Waals surface area contributed by atoms with Crippen LogP contribution < -0.4 is 16.0 Å². The number of hydrogen-bond acceptors (Lipinski definition) is 4. The molecule has 1 fully saturated rings. The summed E-state index contributed by atoms with van der Waals surface area (Å²) in [5.74, 6) is -3.14. The molecule has 1 aliphatic heterocycles. The summed E-state index contributed by atoms with van der Waals surface area (Å²) < 4.78 is 54.1. The van der Waals surface area contributed by atoms with E-state index in [2.05, 4.69) is 10.3 Å². The number of anilines is 1. The second-order valence-electron chi connectivity index (χ2n) is 7.34. The summed E-state index contributed by atoms with van der Waals surface area (Å²) >= 11 is 5.92. The molecule has 0 spiro atoms. The quantitative estimate of drug-likeness (QED) is 0.689. The first-order valence-electron chi connectivity index (χ1n) is 9.20. The highest BCUT2D eigenvalue weighted by molar-refractivity contribution is 6.30. The van der Waals surface area contributed by atoms with Gasteiger partial charge in [0.2, 0.25) is 11.8 Å². The molecule has 11 heteroatoms. The zero-order chi connectivity index (χ0) is 23.1. The number of carbonyl (C=O) groups excluding carboxylic acids is 2. The van der Waals surface area contributed by atoms with Gasteiger partial charge in [-0.1, -0.05) is 17.7 Å². The van der Waals surface area contributed by atoms with Crippen molar-refractivity contribution in [3.8, 4) is 0 Å². The van der Waals surface area contributed by atoms with E-state index >= 15 is 0 Å². The Hall–Kier alpha value is -2.88. The fourth-order valence-electron chi connectivity index (χ4n) is 3.92. The third-order valence-corrected chi connectivity index (χ3v) is 5.64. The molecular formula is C20H19ClF4N4O2. The van der Waals surface area contributed by atoms with Crippen LogP contribution in [0, 0.1) is 18.7 Å². The van der Waals surface area contributed by atoms with Gasteiger partial charge < -0.3 is 16.0 Å². The average molecular weight is 459 g/mol. The standard InChI is InChI=1S/C20H19ClF4N4O2/c1-10-5-13(20(23,24)25)7-16(28-10)29-9-11(17(26)30)8-19(29,18(31)27-2)12-3-4-15(22)14(21)6-12/h3-7,11H,8-9H2,1-2H3,(H2,26,30)(H,27,31). The van der Waals surface area contributed by atoms with Crippen molar-refractivity contribution >= 4 is 29.2 Å². The Labute approximate surface area is 180 Å². The van der Waals surface area contributed by atoms with Crippen LogP contribution in [0.5, 0.6) is 0 Å². The summed E-state index contributed by atoms with van der Waals surface area (Å²) in [5, 5.41) is 2.20. The van der Waals surface area contributed by atoms with Gasteiger partial charge in [-0.3, -0.25) is 9.59 Å². The first-order valence-corrected chi connectivity index (χ1v) is 9.58. The first-order chi connectivity index (χ1) is 14.4. The number of aryl methyl sites for hydroxylation is 1. The number of carbonyl (C=O) groups is 2. The lowest BCUT2D eigenvalue weighted by Gasteiger charge is -2.38. The van der Waals surface area contributed by atoms with Crippen molar-refractivity contribution < 1.29 is 27.2 Å². The number of hydrogen-bond donors (Lipinski definition) is 2. The number of nitrogens with two attached hydrogens (primary N) is 1. The van der Waals surface area contributed by atoms with Gasteiger partial charge in [0, 0.05) is 19.3 Å². The molecule has 3 N–H and O–H groups in total. The van der Waals surface area contributed by atoms with Crippen molar-refractivity contribution in [3.63, 3.8) is 0 Å². The summed E-state index contributed by atoms with van der Waals surface area (Å²) in [5.41, 5.74) is 3.09. The van der Waals surface area contributed by atoms with E-state index in [1.165, 1.54) is 31.0 Å². The van der Waals surface area contributed by atoms with Crippen LogP contribution in [0.3, 0.4) is 0 Å². The van der Waals surface area contributed by atoms with Crippen molar-refractivity contribution in [2.75, 3.05) is 18.5 Å². The molecule has 1 saturated heterocycles. The summed E-state index contributed by atoms with van der Waals surface area (Å²) in [7, 11) is 1.34. The van der Waals surface area contributed by atoms with E-state index in [9.17, 15) is 27.2 Å². The third kappa shape index (κ3) is 4.04. The van der Waals surface area contributed by atoms with Gasteiger partial charge in [0.25, 0.3) is 0 Å². The molecule has 2 aromatic rings. The number of benzene rings is 1. The number of rotatable bonds is 4. The zero-order valence-corrected chi connectivity index (χ0v) is 17.3. The molecule has 1 aliphatic rings. The van der Waals surface area contributed by atoms with Gasteiger partial charge in [-0.25, -0.2) is 9.37 Å². The molecule has 31 heavy (non-hydrogen) atoms. The van der Waals surface area contributed by atoms with Crippen LogP contribution in [0.2, 0.25) is 5.02 Å². The molecule has 3 rings (SSSR count). The zero-order valence-electron chi connectivity index (χ0n) is 16.6.